The number of imide groups is 1. The van der Waals surface area contributed by atoms with Gasteiger partial charge in [-0.15, -0.1) is 0 Å². The van der Waals surface area contributed by atoms with Gasteiger partial charge in [-0.05, 0) is 49.9 Å². The van der Waals surface area contributed by atoms with Crippen LogP contribution in [0.25, 0.3) is 0 Å². The van der Waals surface area contributed by atoms with Crippen LogP contribution in [0.15, 0.2) is 54.6 Å². The molecule has 0 spiro atoms. The van der Waals surface area contributed by atoms with Crippen LogP contribution in [0.5, 0.6) is 0 Å². The summed E-state index contributed by atoms with van der Waals surface area (Å²) in [5.41, 5.74) is 2.34. The molecular formula is C25H32N4O2. The number of para-hydroxylation sites is 1. The lowest BCUT2D eigenvalue weighted by Gasteiger charge is -2.32. The van der Waals surface area contributed by atoms with Crippen LogP contribution in [0, 0.1) is 0 Å². The fourth-order valence-electron chi connectivity index (χ4n) is 4.79. The van der Waals surface area contributed by atoms with Crippen LogP contribution in [-0.2, 0) is 16.9 Å². The summed E-state index contributed by atoms with van der Waals surface area (Å²) in [7, 11) is 1.96. The SMILES string of the molecule is CCC1(c2ccccc2)NC(=O)N(CN(C)Cc2ccccc2N2CCCCC2)C1=O. The number of rotatable bonds is 7. The van der Waals surface area contributed by atoms with Gasteiger partial charge in [-0.1, -0.05) is 55.5 Å². The fraction of sp³-hybridized carbons (Fsp3) is 0.440. The van der Waals surface area contributed by atoms with E-state index in [-0.39, 0.29) is 18.6 Å². The molecule has 1 unspecified atom stereocenters. The van der Waals surface area contributed by atoms with Gasteiger partial charge in [-0.2, -0.15) is 0 Å². The lowest BCUT2D eigenvalue weighted by molar-refractivity contribution is -0.133. The van der Waals surface area contributed by atoms with Crippen LogP contribution < -0.4 is 10.2 Å². The summed E-state index contributed by atoms with van der Waals surface area (Å²) >= 11 is 0. The zero-order valence-corrected chi connectivity index (χ0v) is 18.5. The number of hydrogen-bond acceptors (Lipinski definition) is 4. The molecule has 2 aromatic rings. The van der Waals surface area contributed by atoms with E-state index in [4.69, 9.17) is 0 Å². The Morgan fingerprint density at radius 3 is 2.35 bits per heavy atom. The number of carbonyl (C=O) groups is 2. The molecule has 2 heterocycles. The molecule has 2 aromatic carbocycles. The third-order valence-electron chi connectivity index (χ3n) is 6.48. The van der Waals surface area contributed by atoms with E-state index in [1.165, 1.54) is 35.4 Å². The monoisotopic (exact) mass is 420 g/mol. The highest BCUT2D eigenvalue weighted by atomic mass is 16.2. The van der Waals surface area contributed by atoms with Crippen molar-refractivity contribution in [1.82, 2.24) is 15.1 Å². The predicted molar refractivity (Wildman–Crippen MR) is 123 cm³/mol. The van der Waals surface area contributed by atoms with Crippen LogP contribution in [0.4, 0.5) is 10.5 Å². The first kappa shape index (κ1) is 21.4. The number of anilines is 1. The van der Waals surface area contributed by atoms with E-state index in [0.29, 0.717) is 13.0 Å². The number of nitrogens with one attached hydrogen (secondary N) is 1. The summed E-state index contributed by atoms with van der Waals surface area (Å²) in [5.74, 6) is -0.178. The van der Waals surface area contributed by atoms with E-state index in [1.807, 2.05) is 49.2 Å². The minimum Gasteiger partial charge on any atom is -0.371 e. The van der Waals surface area contributed by atoms with Crippen LogP contribution in [0.3, 0.4) is 0 Å². The molecule has 1 N–H and O–H groups in total. The molecule has 4 rings (SSSR count). The van der Waals surface area contributed by atoms with Gasteiger partial charge >= 0.3 is 6.03 Å². The highest BCUT2D eigenvalue weighted by molar-refractivity contribution is 6.07. The second-order valence-corrected chi connectivity index (χ2v) is 8.62. The van der Waals surface area contributed by atoms with Crippen molar-refractivity contribution in [3.8, 4) is 0 Å². The number of urea groups is 1. The molecule has 0 bridgehead atoms. The van der Waals surface area contributed by atoms with Gasteiger partial charge in [-0.25, -0.2) is 9.69 Å². The second-order valence-electron chi connectivity index (χ2n) is 8.62. The Labute approximate surface area is 184 Å². The van der Waals surface area contributed by atoms with Gasteiger partial charge in [0.05, 0.1) is 6.67 Å². The van der Waals surface area contributed by atoms with E-state index in [2.05, 4.69) is 34.5 Å². The van der Waals surface area contributed by atoms with Crippen LogP contribution >= 0.6 is 0 Å². The lowest BCUT2D eigenvalue weighted by atomic mass is 9.87. The summed E-state index contributed by atoms with van der Waals surface area (Å²) < 4.78 is 0. The third kappa shape index (κ3) is 4.17. The maximum absolute atomic E-state index is 13.4. The molecule has 0 radical (unpaired) electrons. The molecular weight excluding hydrogens is 388 g/mol. The zero-order chi connectivity index (χ0) is 21.8. The van der Waals surface area contributed by atoms with Crippen molar-refractivity contribution in [3.05, 3.63) is 65.7 Å². The Morgan fingerprint density at radius 1 is 0.968 bits per heavy atom. The van der Waals surface area contributed by atoms with Gasteiger partial charge in [0.1, 0.15) is 5.54 Å². The zero-order valence-electron chi connectivity index (χ0n) is 18.5. The molecule has 3 amide bonds. The first-order chi connectivity index (χ1) is 15.0. The average Bonchev–Trinajstić information content (AvgIpc) is 3.05. The van der Waals surface area contributed by atoms with Gasteiger partial charge < -0.3 is 10.2 Å². The minimum absolute atomic E-state index is 0.178. The number of piperidine rings is 1. The van der Waals surface area contributed by atoms with E-state index in [9.17, 15) is 9.59 Å². The molecule has 2 aliphatic heterocycles. The first-order valence-electron chi connectivity index (χ1n) is 11.3. The average molecular weight is 421 g/mol. The van der Waals surface area contributed by atoms with E-state index in [1.54, 1.807) is 0 Å². The minimum atomic E-state index is -0.981. The van der Waals surface area contributed by atoms with Gasteiger partial charge in [0, 0.05) is 25.3 Å². The molecule has 6 nitrogen and oxygen atoms in total. The summed E-state index contributed by atoms with van der Waals surface area (Å²) in [4.78, 5) is 32.0. The molecule has 2 fully saturated rings. The normalized spacial score (nSPS) is 21.6. The maximum Gasteiger partial charge on any atom is 0.326 e. The molecule has 6 heteroatoms. The Balaban J connectivity index is 1.49. The Hall–Kier alpha value is -2.86. The Kier molecular flexibility index (Phi) is 6.28. The highest BCUT2D eigenvalue weighted by Crippen LogP contribution is 2.32. The molecule has 1 atom stereocenters. The van der Waals surface area contributed by atoms with E-state index >= 15 is 0 Å². The van der Waals surface area contributed by atoms with Gasteiger partial charge in [0.2, 0.25) is 0 Å². The predicted octanol–water partition coefficient (Wildman–Crippen LogP) is 3.92. The number of amides is 3. The van der Waals surface area contributed by atoms with Crippen LogP contribution in [0.2, 0.25) is 0 Å². The lowest BCUT2D eigenvalue weighted by Crippen LogP contribution is -2.44. The molecule has 2 aliphatic rings. The molecule has 0 aliphatic carbocycles. The summed E-state index contributed by atoms with van der Waals surface area (Å²) in [6.45, 7) is 5.04. The van der Waals surface area contributed by atoms with Gasteiger partial charge in [-0.3, -0.25) is 9.69 Å². The van der Waals surface area contributed by atoms with Crippen molar-refractivity contribution < 1.29 is 9.59 Å². The topological polar surface area (TPSA) is 55.9 Å². The van der Waals surface area contributed by atoms with Gasteiger partial charge in [0.25, 0.3) is 5.91 Å². The number of hydrogen-bond donors (Lipinski definition) is 1. The molecule has 31 heavy (non-hydrogen) atoms. The molecule has 164 valence electrons. The van der Waals surface area contributed by atoms with Crippen molar-refractivity contribution in [2.75, 3.05) is 31.7 Å². The molecule has 2 saturated heterocycles. The molecule has 0 aromatic heterocycles. The maximum atomic E-state index is 13.4. The largest absolute Gasteiger partial charge is 0.371 e. The summed E-state index contributed by atoms with van der Waals surface area (Å²) in [6.07, 6.45) is 4.27. The summed E-state index contributed by atoms with van der Waals surface area (Å²) in [5, 5.41) is 2.97. The van der Waals surface area contributed by atoms with Crippen molar-refractivity contribution in [1.29, 1.82) is 0 Å². The Bertz CT molecular complexity index is 926. The molecule has 0 saturated carbocycles. The fourth-order valence-corrected chi connectivity index (χ4v) is 4.79. The standard InChI is InChI=1S/C25H32N4O2/c1-3-25(21-13-6-4-7-14-21)23(30)29(24(31)26-25)19-27(2)18-20-12-8-9-15-22(20)28-16-10-5-11-17-28/h4,6-9,12-15H,3,5,10-11,16-19H2,1-2H3,(H,26,31). The Morgan fingerprint density at radius 2 is 1.65 bits per heavy atom. The van der Waals surface area contributed by atoms with E-state index in [0.717, 1.165) is 18.7 Å². The second kappa shape index (κ2) is 9.10. The van der Waals surface area contributed by atoms with Gasteiger partial charge in [0.15, 0.2) is 0 Å². The van der Waals surface area contributed by atoms with Crippen molar-refractivity contribution in [2.45, 2.75) is 44.7 Å². The summed E-state index contributed by atoms with van der Waals surface area (Å²) in [6, 6.07) is 17.7. The van der Waals surface area contributed by atoms with Crippen molar-refractivity contribution >= 4 is 17.6 Å². The van der Waals surface area contributed by atoms with Crippen molar-refractivity contribution in [2.24, 2.45) is 0 Å². The van der Waals surface area contributed by atoms with Crippen molar-refractivity contribution in [3.63, 3.8) is 0 Å². The number of benzene rings is 2. The van der Waals surface area contributed by atoms with Crippen LogP contribution in [-0.4, -0.2) is 48.5 Å². The first-order valence-corrected chi connectivity index (χ1v) is 11.3. The number of nitrogens with zero attached hydrogens (tertiary/aromatic N) is 3. The highest BCUT2D eigenvalue weighted by Gasteiger charge is 2.51. The van der Waals surface area contributed by atoms with Crippen LogP contribution in [0.1, 0.15) is 43.7 Å². The van der Waals surface area contributed by atoms with E-state index < -0.39 is 5.54 Å². The third-order valence-corrected chi connectivity index (χ3v) is 6.48. The number of carbonyl (C=O) groups excluding carboxylic acids is 2. The quantitative estimate of drug-likeness (QED) is 0.690. The smallest absolute Gasteiger partial charge is 0.326 e.